The number of benzene rings is 1. The van der Waals surface area contributed by atoms with Crippen molar-refractivity contribution in [2.45, 2.75) is 9.79 Å². The predicted octanol–water partition coefficient (Wildman–Crippen LogP) is 3.61. The van der Waals surface area contributed by atoms with Gasteiger partial charge in [0, 0.05) is 23.0 Å². The third-order valence-electron chi connectivity index (χ3n) is 1.89. The van der Waals surface area contributed by atoms with Crippen LogP contribution in [-0.4, -0.2) is 4.98 Å². The molecule has 2 N–H and O–H groups in total. The van der Waals surface area contributed by atoms with E-state index in [4.69, 9.17) is 17.3 Å². The zero-order valence-corrected chi connectivity index (χ0v) is 9.73. The Labute approximate surface area is 102 Å². The van der Waals surface area contributed by atoms with Gasteiger partial charge >= 0.3 is 0 Å². The molecule has 1 heterocycles. The van der Waals surface area contributed by atoms with Crippen molar-refractivity contribution < 1.29 is 4.39 Å². The molecule has 0 saturated carbocycles. The van der Waals surface area contributed by atoms with Crippen LogP contribution in [0.25, 0.3) is 0 Å². The summed E-state index contributed by atoms with van der Waals surface area (Å²) in [7, 11) is 0. The van der Waals surface area contributed by atoms with E-state index in [1.807, 2.05) is 0 Å². The van der Waals surface area contributed by atoms with E-state index < -0.39 is 5.82 Å². The molecule has 0 fully saturated rings. The molecule has 0 unspecified atom stereocenters. The third kappa shape index (κ3) is 2.46. The highest BCUT2D eigenvalue weighted by Gasteiger charge is 2.10. The molecule has 0 spiro atoms. The normalized spacial score (nSPS) is 10.4. The van der Waals surface area contributed by atoms with Crippen molar-refractivity contribution in [3.8, 4) is 0 Å². The standard InChI is InChI=1S/C11H8ClFN2S/c12-9-5-7(14)6-10(13)11(9)16-8-1-3-15-4-2-8/h1-6H,14H2. The summed E-state index contributed by atoms with van der Waals surface area (Å²) < 4.78 is 13.6. The Balaban J connectivity index is 2.35. The van der Waals surface area contributed by atoms with E-state index in [1.165, 1.54) is 23.9 Å². The fourth-order valence-corrected chi connectivity index (χ4v) is 2.34. The quantitative estimate of drug-likeness (QED) is 0.832. The minimum absolute atomic E-state index is 0.319. The first-order valence-electron chi connectivity index (χ1n) is 4.49. The largest absolute Gasteiger partial charge is 0.399 e. The topological polar surface area (TPSA) is 38.9 Å². The zero-order valence-electron chi connectivity index (χ0n) is 8.15. The number of hydrogen-bond acceptors (Lipinski definition) is 3. The predicted molar refractivity (Wildman–Crippen MR) is 64.2 cm³/mol. The number of anilines is 1. The second kappa shape index (κ2) is 4.72. The van der Waals surface area contributed by atoms with Crippen LogP contribution in [0, 0.1) is 5.82 Å². The molecule has 2 nitrogen and oxygen atoms in total. The van der Waals surface area contributed by atoms with Gasteiger partial charge in [0.05, 0.1) is 9.92 Å². The summed E-state index contributed by atoms with van der Waals surface area (Å²) in [5, 5.41) is 0.319. The minimum atomic E-state index is -0.410. The van der Waals surface area contributed by atoms with Crippen molar-refractivity contribution in [3.05, 3.63) is 47.5 Å². The molecular weight excluding hydrogens is 247 g/mol. The molecule has 16 heavy (non-hydrogen) atoms. The molecule has 1 aromatic heterocycles. The lowest BCUT2D eigenvalue weighted by atomic mass is 10.3. The van der Waals surface area contributed by atoms with E-state index in [1.54, 1.807) is 24.5 Å². The fourth-order valence-electron chi connectivity index (χ4n) is 1.20. The summed E-state index contributed by atoms with van der Waals surface area (Å²) in [6, 6.07) is 6.37. The van der Waals surface area contributed by atoms with Crippen LogP contribution in [0.3, 0.4) is 0 Å². The zero-order chi connectivity index (χ0) is 11.5. The van der Waals surface area contributed by atoms with Gasteiger partial charge in [-0.15, -0.1) is 0 Å². The van der Waals surface area contributed by atoms with Gasteiger partial charge < -0.3 is 5.73 Å². The van der Waals surface area contributed by atoms with Crippen LogP contribution in [-0.2, 0) is 0 Å². The van der Waals surface area contributed by atoms with Gasteiger partial charge in [-0.05, 0) is 24.3 Å². The van der Waals surface area contributed by atoms with Gasteiger partial charge in [-0.25, -0.2) is 4.39 Å². The Hall–Kier alpha value is -1.26. The van der Waals surface area contributed by atoms with Crippen LogP contribution in [0.1, 0.15) is 0 Å². The molecule has 0 atom stereocenters. The van der Waals surface area contributed by atoms with Gasteiger partial charge in [0.15, 0.2) is 0 Å². The summed E-state index contributed by atoms with van der Waals surface area (Å²) in [5.41, 5.74) is 5.80. The first kappa shape index (κ1) is 11.2. The molecule has 82 valence electrons. The molecule has 0 aliphatic rings. The number of nitrogen functional groups attached to an aromatic ring is 1. The number of halogens is 2. The number of nitrogens with zero attached hydrogens (tertiary/aromatic N) is 1. The molecule has 5 heteroatoms. The summed E-state index contributed by atoms with van der Waals surface area (Å²) in [6.07, 6.45) is 3.29. The van der Waals surface area contributed by atoms with E-state index in [0.29, 0.717) is 15.6 Å². The van der Waals surface area contributed by atoms with Gasteiger partial charge in [-0.3, -0.25) is 4.98 Å². The van der Waals surface area contributed by atoms with Crippen molar-refractivity contribution in [1.29, 1.82) is 0 Å². The Morgan fingerprint density at radius 2 is 1.94 bits per heavy atom. The second-order valence-electron chi connectivity index (χ2n) is 3.10. The van der Waals surface area contributed by atoms with Crippen LogP contribution in [0.5, 0.6) is 0 Å². The van der Waals surface area contributed by atoms with Gasteiger partial charge in [-0.2, -0.15) is 0 Å². The summed E-state index contributed by atoms with van der Waals surface area (Å²) in [6.45, 7) is 0. The highest BCUT2D eigenvalue weighted by molar-refractivity contribution is 7.99. The highest BCUT2D eigenvalue weighted by Crippen LogP contribution is 2.36. The Bertz CT molecular complexity index is 482. The summed E-state index contributed by atoms with van der Waals surface area (Å²) in [4.78, 5) is 5.14. The third-order valence-corrected chi connectivity index (χ3v) is 3.43. The summed E-state index contributed by atoms with van der Waals surface area (Å²) >= 11 is 7.18. The molecule has 1 aromatic carbocycles. The van der Waals surface area contributed by atoms with Crippen LogP contribution in [0.2, 0.25) is 5.02 Å². The van der Waals surface area contributed by atoms with Crippen molar-refractivity contribution >= 4 is 29.1 Å². The molecule has 0 aliphatic carbocycles. The van der Waals surface area contributed by atoms with E-state index in [0.717, 1.165) is 4.90 Å². The Morgan fingerprint density at radius 3 is 2.56 bits per heavy atom. The smallest absolute Gasteiger partial charge is 0.140 e. The van der Waals surface area contributed by atoms with E-state index in [2.05, 4.69) is 4.98 Å². The van der Waals surface area contributed by atoms with Crippen LogP contribution < -0.4 is 5.73 Å². The minimum Gasteiger partial charge on any atom is -0.399 e. The van der Waals surface area contributed by atoms with Crippen LogP contribution in [0.15, 0.2) is 46.5 Å². The number of hydrogen-bond donors (Lipinski definition) is 1. The van der Waals surface area contributed by atoms with Gasteiger partial charge in [-0.1, -0.05) is 23.4 Å². The lowest BCUT2D eigenvalue weighted by Gasteiger charge is -2.06. The van der Waals surface area contributed by atoms with Crippen LogP contribution in [0.4, 0.5) is 10.1 Å². The van der Waals surface area contributed by atoms with Crippen molar-refractivity contribution in [3.63, 3.8) is 0 Å². The number of aromatic nitrogens is 1. The van der Waals surface area contributed by atoms with Crippen LogP contribution >= 0.6 is 23.4 Å². The molecule has 0 bridgehead atoms. The average molecular weight is 255 g/mol. The van der Waals surface area contributed by atoms with E-state index >= 15 is 0 Å². The first-order chi connectivity index (χ1) is 7.66. The summed E-state index contributed by atoms with van der Waals surface area (Å²) in [5.74, 6) is -0.410. The molecule has 0 aliphatic heterocycles. The lowest BCUT2D eigenvalue weighted by Crippen LogP contribution is -1.89. The molecule has 0 amide bonds. The van der Waals surface area contributed by atoms with Gasteiger partial charge in [0.2, 0.25) is 0 Å². The molecule has 2 rings (SSSR count). The number of rotatable bonds is 2. The van der Waals surface area contributed by atoms with E-state index in [9.17, 15) is 4.39 Å². The molecule has 2 aromatic rings. The Kier molecular flexibility index (Phi) is 3.31. The maximum Gasteiger partial charge on any atom is 0.140 e. The van der Waals surface area contributed by atoms with Gasteiger partial charge in [0.1, 0.15) is 5.82 Å². The van der Waals surface area contributed by atoms with Crippen molar-refractivity contribution in [2.24, 2.45) is 0 Å². The molecule has 0 radical (unpaired) electrons. The fraction of sp³-hybridized carbons (Fsp3) is 0. The SMILES string of the molecule is Nc1cc(F)c(Sc2ccncc2)c(Cl)c1. The van der Waals surface area contributed by atoms with Crippen molar-refractivity contribution in [1.82, 2.24) is 4.98 Å². The second-order valence-corrected chi connectivity index (χ2v) is 4.59. The molecule has 0 saturated heterocycles. The maximum absolute atomic E-state index is 13.6. The molecular formula is C11H8ClFN2S. The van der Waals surface area contributed by atoms with Crippen molar-refractivity contribution in [2.75, 3.05) is 5.73 Å². The number of pyridine rings is 1. The average Bonchev–Trinajstić information content (AvgIpc) is 2.25. The lowest BCUT2D eigenvalue weighted by molar-refractivity contribution is 0.603. The van der Waals surface area contributed by atoms with Gasteiger partial charge in [0.25, 0.3) is 0 Å². The maximum atomic E-state index is 13.6. The first-order valence-corrected chi connectivity index (χ1v) is 5.68. The Morgan fingerprint density at radius 1 is 1.25 bits per heavy atom. The number of nitrogens with two attached hydrogens (primary N) is 1. The monoisotopic (exact) mass is 254 g/mol. The van der Waals surface area contributed by atoms with E-state index in [-0.39, 0.29) is 0 Å². The highest BCUT2D eigenvalue weighted by atomic mass is 35.5.